The maximum absolute atomic E-state index is 12.2. The Balaban J connectivity index is 2.02. The SMILES string of the molecule is Nc1ccc(C(=O)Nc2ccc3c(S(=O)(=O)O)cccc3c2O)cc1. The molecule has 3 rings (SSSR count). The monoisotopic (exact) mass is 358 g/mol. The lowest BCUT2D eigenvalue weighted by atomic mass is 10.1. The van der Waals surface area contributed by atoms with E-state index in [0.29, 0.717) is 11.3 Å². The van der Waals surface area contributed by atoms with E-state index in [-0.39, 0.29) is 27.1 Å². The Hall–Kier alpha value is -3.10. The molecule has 0 fully saturated rings. The molecule has 0 aromatic heterocycles. The fourth-order valence-electron chi connectivity index (χ4n) is 2.47. The molecule has 0 saturated heterocycles. The molecule has 0 saturated carbocycles. The van der Waals surface area contributed by atoms with E-state index in [1.54, 1.807) is 24.3 Å². The highest BCUT2D eigenvalue weighted by Gasteiger charge is 2.17. The molecule has 0 aliphatic heterocycles. The van der Waals surface area contributed by atoms with Crippen molar-refractivity contribution in [3.05, 3.63) is 60.2 Å². The molecule has 3 aromatic carbocycles. The van der Waals surface area contributed by atoms with Crippen molar-refractivity contribution in [1.82, 2.24) is 0 Å². The lowest BCUT2D eigenvalue weighted by molar-refractivity contribution is 0.102. The molecule has 0 unspecified atom stereocenters. The molecule has 0 aliphatic carbocycles. The largest absolute Gasteiger partial charge is 0.505 e. The Labute approximate surface area is 143 Å². The zero-order valence-corrected chi connectivity index (χ0v) is 13.6. The first kappa shape index (κ1) is 16.7. The number of benzene rings is 3. The molecule has 8 heteroatoms. The highest BCUT2D eigenvalue weighted by molar-refractivity contribution is 7.86. The molecular formula is C17H14N2O5S. The summed E-state index contributed by atoms with van der Waals surface area (Å²) < 4.78 is 32.1. The van der Waals surface area contributed by atoms with Crippen LogP contribution in [0.4, 0.5) is 11.4 Å². The van der Waals surface area contributed by atoms with Gasteiger partial charge in [0.25, 0.3) is 16.0 Å². The number of carbonyl (C=O) groups is 1. The van der Waals surface area contributed by atoms with Gasteiger partial charge >= 0.3 is 0 Å². The maximum atomic E-state index is 12.2. The van der Waals surface area contributed by atoms with Crippen LogP contribution >= 0.6 is 0 Å². The van der Waals surface area contributed by atoms with Crippen LogP contribution in [0.3, 0.4) is 0 Å². The van der Waals surface area contributed by atoms with Gasteiger partial charge in [0.05, 0.1) is 5.69 Å². The van der Waals surface area contributed by atoms with Crippen molar-refractivity contribution in [2.24, 2.45) is 0 Å². The van der Waals surface area contributed by atoms with Gasteiger partial charge in [0.1, 0.15) is 10.6 Å². The first-order valence-corrected chi connectivity index (χ1v) is 8.60. The number of phenols is 1. The minimum Gasteiger partial charge on any atom is -0.505 e. The maximum Gasteiger partial charge on any atom is 0.295 e. The smallest absolute Gasteiger partial charge is 0.295 e. The zero-order chi connectivity index (χ0) is 18.2. The number of nitrogens with two attached hydrogens (primary N) is 1. The Morgan fingerprint density at radius 3 is 2.28 bits per heavy atom. The van der Waals surface area contributed by atoms with E-state index in [1.165, 1.54) is 30.3 Å². The molecule has 128 valence electrons. The fourth-order valence-corrected chi connectivity index (χ4v) is 3.17. The van der Waals surface area contributed by atoms with E-state index in [0.717, 1.165) is 0 Å². The second kappa shape index (κ2) is 6.08. The number of carbonyl (C=O) groups excluding carboxylic acids is 1. The van der Waals surface area contributed by atoms with E-state index in [2.05, 4.69) is 5.32 Å². The summed E-state index contributed by atoms with van der Waals surface area (Å²) >= 11 is 0. The number of hydrogen-bond donors (Lipinski definition) is 4. The number of phenolic OH excluding ortho intramolecular Hbond substituents is 1. The van der Waals surface area contributed by atoms with Gasteiger partial charge in [-0.3, -0.25) is 9.35 Å². The summed E-state index contributed by atoms with van der Waals surface area (Å²) in [5.41, 5.74) is 6.55. The molecule has 0 aliphatic rings. The molecule has 0 atom stereocenters. The highest BCUT2D eigenvalue weighted by atomic mass is 32.2. The van der Waals surface area contributed by atoms with Gasteiger partial charge in [-0.1, -0.05) is 18.2 Å². The first-order chi connectivity index (χ1) is 11.8. The quantitative estimate of drug-likeness (QED) is 0.323. The minimum atomic E-state index is -4.44. The summed E-state index contributed by atoms with van der Waals surface area (Å²) in [6.45, 7) is 0. The van der Waals surface area contributed by atoms with Crippen LogP contribution in [0, 0.1) is 0 Å². The van der Waals surface area contributed by atoms with Crippen molar-refractivity contribution >= 4 is 38.2 Å². The fraction of sp³-hybridized carbons (Fsp3) is 0. The van der Waals surface area contributed by atoms with Gasteiger partial charge in [-0.15, -0.1) is 0 Å². The van der Waals surface area contributed by atoms with Gasteiger partial charge in [-0.05, 0) is 36.4 Å². The predicted octanol–water partition coefficient (Wildman–Crippen LogP) is 2.63. The van der Waals surface area contributed by atoms with Crippen LogP contribution in [0.1, 0.15) is 10.4 Å². The van der Waals surface area contributed by atoms with Crippen LogP contribution in [-0.2, 0) is 10.1 Å². The van der Waals surface area contributed by atoms with Crippen LogP contribution in [-0.4, -0.2) is 24.0 Å². The van der Waals surface area contributed by atoms with Crippen molar-refractivity contribution in [2.45, 2.75) is 4.90 Å². The number of nitrogen functional groups attached to an aromatic ring is 1. The van der Waals surface area contributed by atoms with Gasteiger partial charge in [0, 0.05) is 22.0 Å². The third kappa shape index (κ3) is 3.25. The third-order valence-electron chi connectivity index (χ3n) is 3.69. The number of aromatic hydroxyl groups is 1. The standard InChI is InChI=1S/C17H14N2O5S/c18-11-6-4-10(5-7-11)17(21)19-14-9-8-12-13(16(14)20)2-1-3-15(12)25(22,23)24/h1-9,20H,18H2,(H,19,21)(H,22,23,24). The Morgan fingerprint density at radius 1 is 0.960 bits per heavy atom. The highest BCUT2D eigenvalue weighted by Crippen LogP contribution is 2.35. The minimum absolute atomic E-state index is 0.113. The number of nitrogens with one attached hydrogen (secondary N) is 1. The van der Waals surface area contributed by atoms with E-state index >= 15 is 0 Å². The number of rotatable bonds is 3. The molecule has 0 heterocycles. The average molecular weight is 358 g/mol. The summed E-state index contributed by atoms with van der Waals surface area (Å²) in [6, 6.07) is 13.1. The zero-order valence-electron chi connectivity index (χ0n) is 12.8. The molecular weight excluding hydrogens is 344 g/mol. The second-order valence-electron chi connectivity index (χ2n) is 5.36. The van der Waals surface area contributed by atoms with E-state index in [4.69, 9.17) is 5.73 Å². The average Bonchev–Trinajstić information content (AvgIpc) is 2.56. The molecule has 0 spiro atoms. The molecule has 3 aromatic rings. The van der Waals surface area contributed by atoms with E-state index < -0.39 is 16.0 Å². The summed E-state index contributed by atoms with van der Waals surface area (Å²) in [5.74, 6) is -0.757. The van der Waals surface area contributed by atoms with Gasteiger partial charge in [-0.25, -0.2) is 0 Å². The van der Waals surface area contributed by atoms with Crippen LogP contribution in [0.15, 0.2) is 59.5 Å². The van der Waals surface area contributed by atoms with Crippen LogP contribution in [0.25, 0.3) is 10.8 Å². The lowest BCUT2D eigenvalue weighted by Gasteiger charge is -2.11. The number of anilines is 2. The third-order valence-corrected chi connectivity index (χ3v) is 4.60. The van der Waals surface area contributed by atoms with Crippen molar-refractivity contribution in [3.8, 4) is 5.75 Å². The van der Waals surface area contributed by atoms with Crippen molar-refractivity contribution in [3.63, 3.8) is 0 Å². The summed E-state index contributed by atoms with van der Waals surface area (Å²) in [4.78, 5) is 11.9. The van der Waals surface area contributed by atoms with Crippen LogP contribution in [0.2, 0.25) is 0 Å². The summed E-state index contributed by atoms with van der Waals surface area (Å²) in [5, 5.41) is 13.3. The topological polar surface area (TPSA) is 130 Å². The molecule has 1 amide bonds. The normalized spacial score (nSPS) is 11.4. The predicted molar refractivity (Wildman–Crippen MR) is 94.2 cm³/mol. The van der Waals surface area contributed by atoms with Crippen molar-refractivity contribution < 1.29 is 22.9 Å². The van der Waals surface area contributed by atoms with Gasteiger partial charge in [0.15, 0.2) is 0 Å². The van der Waals surface area contributed by atoms with Crippen molar-refractivity contribution in [2.75, 3.05) is 11.1 Å². The molecule has 5 N–H and O–H groups in total. The van der Waals surface area contributed by atoms with Crippen LogP contribution in [0.5, 0.6) is 5.75 Å². The number of fused-ring (bicyclic) bond motifs is 1. The number of amides is 1. The second-order valence-corrected chi connectivity index (χ2v) is 6.75. The van der Waals surface area contributed by atoms with Crippen LogP contribution < -0.4 is 11.1 Å². The Morgan fingerprint density at radius 2 is 1.64 bits per heavy atom. The molecule has 25 heavy (non-hydrogen) atoms. The van der Waals surface area contributed by atoms with Gasteiger partial charge < -0.3 is 16.2 Å². The van der Waals surface area contributed by atoms with E-state index in [9.17, 15) is 22.9 Å². The lowest BCUT2D eigenvalue weighted by Crippen LogP contribution is -2.12. The first-order valence-electron chi connectivity index (χ1n) is 7.16. The van der Waals surface area contributed by atoms with Gasteiger partial charge in [-0.2, -0.15) is 8.42 Å². The number of hydrogen-bond acceptors (Lipinski definition) is 5. The van der Waals surface area contributed by atoms with Gasteiger partial charge in [0.2, 0.25) is 0 Å². The molecule has 0 bridgehead atoms. The van der Waals surface area contributed by atoms with E-state index in [1.807, 2.05) is 0 Å². The summed E-state index contributed by atoms with van der Waals surface area (Å²) in [7, 11) is -4.44. The molecule has 7 nitrogen and oxygen atoms in total. The Kier molecular flexibility index (Phi) is 4.07. The Bertz CT molecular complexity index is 1080. The molecule has 0 radical (unpaired) electrons. The summed E-state index contributed by atoms with van der Waals surface area (Å²) in [6.07, 6.45) is 0. The van der Waals surface area contributed by atoms with Crippen molar-refractivity contribution in [1.29, 1.82) is 0 Å².